The summed E-state index contributed by atoms with van der Waals surface area (Å²) in [6.07, 6.45) is 9.85. The number of nitrogens with one attached hydrogen (secondary N) is 2. The number of likely N-dealkylation sites (tertiary alicyclic amines) is 1. The molecule has 13 heteroatoms. The topological polar surface area (TPSA) is 109 Å². The molecule has 11 nitrogen and oxygen atoms in total. The molecule has 0 bridgehead atoms. The minimum atomic E-state index is -0.892. The third-order valence-corrected chi connectivity index (χ3v) is 10.9. The lowest BCUT2D eigenvalue weighted by Crippen LogP contribution is -2.46. The Morgan fingerprint density at radius 3 is 2.39 bits per heavy atom. The fraction of sp³-hybridized carbons (Fsp3) is 0.302. The lowest BCUT2D eigenvalue weighted by molar-refractivity contribution is 0.102. The second-order valence-corrected chi connectivity index (χ2v) is 14.2. The third kappa shape index (κ3) is 7.22. The quantitative estimate of drug-likeness (QED) is 0.142. The van der Waals surface area contributed by atoms with Crippen molar-refractivity contribution in [1.29, 1.82) is 0 Å². The van der Waals surface area contributed by atoms with Crippen molar-refractivity contribution in [3.8, 4) is 34.1 Å². The van der Waals surface area contributed by atoms with E-state index in [9.17, 15) is 13.6 Å². The molecule has 3 aromatic carbocycles. The average Bonchev–Trinajstić information content (AvgIpc) is 3.62. The Morgan fingerprint density at radius 1 is 0.857 bits per heavy atom. The predicted octanol–water partition coefficient (Wildman–Crippen LogP) is 8.51. The van der Waals surface area contributed by atoms with Crippen molar-refractivity contribution < 1.29 is 23.0 Å². The van der Waals surface area contributed by atoms with Crippen molar-refractivity contribution in [3.63, 3.8) is 0 Å². The Morgan fingerprint density at radius 2 is 1.64 bits per heavy atom. The van der Waals surface area contributed by atoms with E-state index < -0.39 is 23.2 Å². The minimum Gasteiger partial charge on any atom is -0.496 e. The molecular weight excluding hydrogens is 715 g/mol. The summed E-state index contributed by atoms with van der Waals surface area (Å²) in [5.74, 6) is -1.23. The van der Waals surface area contributed by atoms with Crippen molar-refractivity contribution >= 4 is 34.6 Å². The lowest BCUT2D eigenvalue weighted by atomic mass is 9.98. The predicted molar refractivity (Wildman–Crippen MR) is 214 cm³/mol. The van der Waals surface area contributed by atoms with Gasteiger partial charge in [-0.3, -0.25) is 9.20 Å². The molecule has 0 unspecified atom stereocenters. The summed E-state index contributed by atoms with van der Waals surface area (Å²) in [6.45, 7) is 6.56. The molecule has 1 amide bonds. The molecule has 56 heavy (non-hydrogen) atoms. The number of para-hydroxylation sites is 1. The minimum absolute atomic E-state index is 0.0676. The molecule has 5 heterocycles. The van der Waals surface area contributed by atoms with Crippen LogP contribution in [-0.4, -0.2) is 76.6 Å². The number of imidazole rings is 1. The van der Waals surface area contributed by atoms with Gasteiger partial charge in [0.25, 0.3) is 5.91 Å². The van der Waals surface area contributed by atoms with Gasteiger partial charge in [-0.2, -0.15) is 0 Å². The van der Waals surface area contributed by atoms with Gasteiger partial charge >= 0.3 is 0 Å². The maximum Gasteiger partial charge on any atom is 0.259 e. The van der Waals surface area contributed by atoms with Gasteiger partial charge in [-0.05, 0) is 106 Å². The standard InChI is InChI=1S/C43H44F2N8O3/c1-27-35(52-24-18-29(19-25-52)51-21-6-4-7-22-51)15-14-34(41(27)56-3)48-43-46-20-17-33(47-43)40-38(49-37-12-5-8-23-53(37)40)28-13-16-36(55-2)30(26-28)42(54)50-39-31(44)10-9-11-32(39)45/h5,8-17,20,23,26,29H,4,6-7,18-19,21-22,24-25H2,1-3H3,(H,50,54)(H,46,47,48). The van der Waals surface area contributed by atoms with E-state index in [1.165, 1.54) is 51.2 Å². The summed E-state index contributed by atoms with van der Waals surface area (Å²) in [7, 11) is 3.10. The average molecular weight is 759 g/mol. The molecule has 8 rings (SSSR count). The number of nitrogens with zero attached hydrogens (tertiary/aromatic N) is 6. The van der Waals surface area contributed by atoms with Crippen LogP contribution >= 0.6 is 0 Å². The van der Waals surface area contributed by atoms with Gasteiger partial charge in [-0.15, -0.1) is 0 Å². The molecule has 2 aliphatic heterocycles. The van der Waals surface area contributed by atoms with Crippen molar-refractivity contribution in [2.75, 3.05) is 55.9 Å². The summed E-state index contributed by atoms with van der Waals surface area (Å²) in [6, 6.07) is 20.6. The first-order valence-corrected chi connectivity index (χ1v) is 19.0. The van der Waals surface area contributed by atoms with E-state index in [1.54, 1.807) is 37.6 Å². The summed E-state index contributed by atoms with van der Waals surface area (Å²) < 4.78 is 42.3. The number of halogens is 2. The number of rotatable bonds is 10. The number of fused-ring (bicyclic) bond motifs is 1. The Hall–Kier alpha value is -6.08. The van der Waals surface area contributed by atoms with E-state index in [4.69, 9.17) is 19.4 Å². The van der Waals surface area contributed by atoms with Gasteiger partial charge in [-0.1, -0.05) is 18.6 Å². The molecular formula is C43H44F2N8O3. The number of aromatic nitrogens is 4. The Labute approximate surface area is 324 Å². The van der Waals surface area contributed by atoms with Crippen LogP contribution in [0.1, 0.15) is 48.0 Å². The van der Waals surface area contributed by atoms with Crippen LogP contribution in [0.25, 0.3) is 28.3 Å². The van der Waals surface area contributed by atoms with Gasteiger partial charge in [0.2, 0.25) is 5.95 Å². The normalized spacial score (nSPS) is 15.2. The van der Waals surface area contributed by atoms with Gasteiger partial charge < -0.3 is 29.9 Å². The Kier molecular flexibility index (Phi) is 10.5. The number of benzene rings is 3. The van der Waals surface area contributed by atoms with Crippen LogP contribution in [-0.2, 0) is 0 Å². The van der Waals surface area contributed by atoms with Gasteiger partial charge in [0.15, 0.2) is 0 Å². The highest BCUT2D eigenvalue weighted by molar-refractivity contribution is 6.07. The van der Waals surface area contributed by atoms with E-state index in [0.717, 1.165) is 55.1 Å². The third-order valence-electron chi connectivity index (χ3n) is 10.9. The van der Waals surface area contributed by atoms with Crippen LogP contribution in [0.5, 0.6) is 11.5 Å². The zero-order chi connectivity index (χ0) is 38.8. The van der Waals surface area contributed by atoms with E-state index in [2.05, 4.69) is 38.4 Å². The molecule has 0 aliphatic carbocycles. The number of hydrogen-bond donors (Lipinski definition) is 2. The highest BCUT2D eigenvalue weighted by Gasteiger charge is 2.28. The van der Waals surface area contributed by atoms with Crippen molar-refractivity contribution in [2.24, 2.45) is 0 Å². The van der Waals surface area contributed by atoms with E-state index >= 15 is 0 Å². The van der Waals surface area contributed by atoms with Gasteiger partial charge in [0, 0.05) is 48.3 Å². The van der Waals surface area contributed by atoms with Crippen LogP contribution in [0, 0.1) is 18.6 Å². The second kappa shape index (κ2) is 16.0. The first-order valence-electron chi connectivity index (χ1n) is 19.0. The fourth-order valence-electron chi connectivity index (χ4n) is 8.08. The number of ether oxygens (including phenoxy) is 2. The monoisotopic (exact) mass is 758 g/mol. The van der Waals surface area contributed by atoms with Crippen LogP contribution < -0.4 is 25.0 Å². The smallest absolute Gasteiger partial charge is 0.259 e. The van der Waals surface area contributed by atoms with Crippen molar-refractivity contribution in [2.45, 2.75) is 45.1 Å². The van der Waals surface area contributed by atoms with Crippen LogP contribution in [0.2, 0.25) is 0 Å². The molecule has 2 saturated heterocycles. The number of methoxy groups -OCH3 is 2. The first kappa shape index (κ1) is 36.9. The maximum absolute atomic E-state index is 14.5. The zero-order valence-corrected chi connectivity index (χ0v) is 31.7. The van der Waals surface area contributed by atoms with Gasteiger partial charge in [0.05, 0.1) is 42.6 Å². The largest absolute Gasteiger partial charge is 0.496 e. The summed E-state index contributed by atoms with van der Waals surface area (Å²) in [4.78, 5) is 33.1. The SMILES string of the molecule is COc1ccc(-c2nc3ccccn3c2-c2ccnc(Nc3ccc(N4CCC(N5CCCCC5)CC4)c(C)c3OC)n2)cc1C(=O)Nc1c(F)cccc1F. The summed E-state index contributed by atoms with van der Waals surface area (Å²) in [5.41, 5.74) is 5.42. The van der Waals surface area contributed by atoms with Crippen LogP contribution in [0.4, 0.5) is 31.8 Å². The van der Waals surface area contributed by atoms with E-state index in [-0.39, 0.29) is 11.3 Å². The highest BCUT2D eigenvalue weighted by atomic mass is 19.1. The second-order valence-electron chi connectivity index (χ2n) is 14.2. The lowest BCUT2D eigenvalue weighted by Gasteiger charge is -2.41. The fourth-order valence-corrected chi connectivity index (χ4v) is 8.08. The summed E-state index contributed by atoms with van der Waals surface area (Å²) >= 11 is 0. The van der Waals surface area contributed by atoms with Crippen LogP contribution in [0.15, 0.2) is 85.2 Å². The highest BCUT2D eigenvalue weighted by Crippen LogP contribution is 2.39. The van der Waals surface area contributed by atoms with Gasteiger partial charge in [-0.25, -0.2) is 23.7 Å². The number of amides is 1. The number of piperidine rings is 2. The molecule has 6 aromatic rings. The van der Waals surface area contributed by atoms with E-state index in [1.807, 2.05) is 34.9 Å². The molecule has 3 aromatic heterocycles. The zero-order valence-electron chi connectivity index (χ0n) is 31.7. The number of hydrogen-bond acceptors (Lipinski definition) is 9. The number of carbonyl (C=O) groups is 1. The molecule has 0 atom stereocenters. The van der Waals surface area contributed by atoms with Crippen LogP contribution in [0.3, 0.4) is 0 Å². The molecule has 288 valence electrons. The Balaban J connectivity index is 1.09. The van der Waals surface area contributed by atoms with Crippen molar-refractivity contribution in [1.82, 2.24) is 24.3 Å². The number of anilines is 4. The van der Waals surface area contributed by atoms with Gasteiger partial charge in [0.1, 0.15) is 34.5 Å². The Bertz CT molecular complexity index is 2370. The van der Waals surface area contributed by atoms with E-state index in [0.29, 0.717) is 40.3 Å². The van der Waals surface area contributed by atoms with Crippen molar-refractivity contribution in [3.05, 3.63) is 108 Å². The first-order chi connectivity index (χ1) is 27.3. The summed E-state index contributed by atoms with van der Waals surface area (Å²) in [5, 5.41) is 5.76. The number of pyridine rings is 1. The number of carbonyl (C=O) groups excluding carboxylic acids is 1. The molecule has 2 fully saturated rings. The molecule has 2 N–H and O–H groups in total. The molecule has 0 saturated carbocycles. The maximum atomic E-state index is 14.5. The molecule has 2 aliphatic rings. The molecule has 0 radical (unpaired) electrons. The molecule has 0 spiro atoms.